The van der Waals surface area contributed by atoms with Crippen LogP contribution in [0, 0.1) is 0 Å². The highest BCUT2D eigenvalue weighted by Crippen LogP contribution is 2.26. The Kier molecular flexibility index (Phi) is 7.20. The summed E-state index contributed by atoms with van der Waals surface area (Å²) < 4.78 is 0. The van der Waals surface area contributed by atoms with Crippen molar-refractivity contribution in [1.29, 1.82) is 0 Å². The smallest absolute Gasteiger partial charge is 0.191 e. The summed E-state index contributed by atoms with van der Waals surface area (Å²) in [6.45, 7) is 3.26. The van der Waals surface area contributed by atoms with Crippen LogP contribution in [-0.4, -0.2) is 43.1 Å². The Morgan fingerprint density at radius 2 is 1.92 bits per heavy atom. The number of hydrogen-bond acceptors (Lipinski definition) is 2. The Balaban J connectivity index is 0.00000196. The van der Waals surface area contributed by atoms with Crippen molar-refractivity contribution in [2.24, 2.45) is 4.99 Å². The Hall–Kier alpha value is -0.820. The van der Waals surface area contributed by atoms with Crippen LogP contribution in [0.3, 0.4) is 0 Å². The minimum atomic E-state index is 0. The third-order valence-corrected chi connectivity index (χ3v) is 6.25. The molecule has 0 amide bonds. The molecule has 0 radical (unpaired) electrons. The second-order valence-corrected chi connectivity index (χ2v) is 7.95. The van der Waals surface area contributed by atoms with Crippen LogP contribution in [-0.2, 0) is 19.4 Å². The lowest BCUT2D eigenvalue weighted by atomic mass is 10.1. The van der Waals surface area contributed by atoms with Crippen molar-refractivity contribution < 1.29 is 0 Å². The predicted octanol–water partition coefficient (Wildman–Crippen LogP) is 3.48. The summed E-state index contributed by atoms with van der Waals surface area (Å²) in [5.41, 5.74) is 4.46. The van der Waals surface area contributed by atoms with Gasteiger partial charge >= 0.3 is 0 Å². The topological polar surface area (TPSA) is 39.7 Å². The molecule has 1 aromatic carbocycles. The Bertz CT molecular complexity index is 624. The molecule has 1 saturated heterocycles. The summed E-state index contributed by atoms with van der Waals surface area (Å²) in [7, 11) is 1.88. The monoisotopic (exact) mass is 468 g/mol. The fourth-order valence-corrected chi connectivity index (χ4v) is 4.82. The zero-order valence-electron chi connectivity index (χ0n) is 16.0. The van der Waals surface area contributed by atoms with Gasteiger partial charge < -0.3 is 10.6 Å². The van der Waals surface area contributed by atoms with Crippen LogP contribution in [0.2, 0.25) is 0 Å². The number of nitrogens with one attached hydrogen (secondary N) is 2. The van der Waals surface area contributed by atoms with Crippen LogP contribution in [0.4, 0.5) is 0 Å². The van der Waals surface area contributed by atoms with Gasteiger partial charge in [0.15, 0.2) is 5.96 Å². The maximum Gasteiger partial charge on any atom is 0.191 e. The maximum atomic E-state index is 4.44. The van der Waals surface area contributed by atoms with Gasteiger partial charge in [0.25, 0.3) is 0 Å². The first-order valence-corrected chi connectivity index (χ1v) is 10.1. The van der Waals surface area contributed by atoms with Gasteiger partial charge in [-0.3, -0.25) is 9.89 Å². The van der Waals surface area contributed by atoms with Gasteiger partial charge in [0.1, 0.15) is 0 Å². The van der Waals surface area contributed by atoms with Crippen molar-refractivity contribution in [3.05, 3.63) is 34.9 Å². The number of aliphatic imine (C=N–C) groups is 1. The van der Waals surface area contributed by atoms with E-state index in [1.54, 1.807) is 11.1 Å². The molecule has 2 N–H and O–H groups in total. The summed E-state index contributed by atoms with van der Waals surface area (Å²) in [4.78, 5) is 7.13. The molecule has 1 saturated carbocycles. The zero-order valence-corrected chi connectivity index (χ0v) is 18.3. The average molecular weight is 468 g/mol. The molecule has 1 atom stereocenters. The molecular formula is C21H33IN4. The fraction of sp³-hybridized carbons (Fsp3) is 0.667. The minimum absolute atomic E-state index is 0. The third kappa shape index (κ3) is 4.71. The summed E-state index contributed by atoms with van der Waals surface area (Å²) in [6, 6.07) is 8.33. The van der Waals surface area contributed by atoms with Gasteiger partial charge in [0, 0.05) is 38.8 Å². The fourth-order valence-electron chi connectivity index (χ4n) is 4.82. The van der Waals surface area contributed by atoms with Crippen molar-refractivity contribution in [1.82, 2.24) is 15.5 Å². The van der Waals surface area contributed by atoms with Crippen molar-refractivity contribution in [3.63, 3.8) is 0 Å². The highest BCUT2D eigenvalue weighted by atomic mass is 127. The lowest BCUT2D eigenvalue weighted by molar-refractivity contribution is 0.242. The third-order valence-electron chi connectivity index (χ3n) is 6.25. The van der Waals surface area contributed by atoms with Gasteiger partial charge in [-0.25, -0.2) is 0 Å². The van der Waals surface area contributed by atoms with Crippen molar-refractivity contribution in [3.8, 4) is 0 Å². The van der Waals surface area contributed by atoms with Crippen LogP contribution in [0.25, 0.3) is 0 Å². The Morgan fingerprint density at radius 1 is 1.12 bits per heavy atom. The van der Waals surface area contributed by atoms with E-state index in [2.05, 4.69) is 38.7 Å². The number of rotatable bonds is 4. The van der Waals surface area contributed by atoms with Gasteiger partial charge in [-0.2, -0.15) is 0 Å². The van der Waals surface area contributed by atoms with Crippen molar-refractivity contribution in [2.45, 2.75) is 70.0 Å². The van der Waals surface area contributed by atoms with Crippen LogP contribution < -0.4 is 10.6 Å². The second-order valence-electron chi connectivity index (χ2n) is 7.95. The molecule has 1 heterocycles. The minimum Gasteiger partial charge on any atom is -0.352 e. The van der Waals surface area contributed by atoms with E-state index in [4.69, 9.17) is 0 Å². The number of hydrogen-bond donors (Lipinski definition) is 2. The van der Waals surface area contributed by atoms with Gasteiger partial charge in [-0.15, -0.1) is 24.0 Å². The highest BCUT2D eigenvalue weighted by molar-refractivity contribution is 14.0. The molecule has 0 spiro atoms. The molecule has 1 aliphatic heterocycles. The first-order valence-electron chi connectivity index (χ1n) is 10.1. The van der Waals surface area contributed by atoms with Gasteiger partial charge in [0.05, 0.1) is 0 Å². The zero-order chi connectivity index (χ0) is 17.1. The lowest BCUT2D eigenvalue weighted by Crippen LogP contribution is -2.45. The molecule has 2 aliphatic carbocycles. The Labute approximate surface area is 175 Å². The highest BCUT2D eigenvalue weighted by Gasteiger charge is 2.30. The molecule has 0 bridgehead atoms. The van der Waals surface area contributed by atoms with E-state index < -0.39 is 0 Å². The second kappa shape index (κ2) is 9.40. The average Bonchev–Trinajstić information content (AvgIpc) is 3.39. The molecule has 1 unspecified atom stereocenters. The first-order chi connectivity index (χ1) is 12.3. The van der Waals surface area contributed by atoms with Gasteiger partial charge in [-0.05, 0) is 55.2 Å². The first kappa shape index (κ1) is 19.9. The number of aryl methyl sites for hydroxylation is 2. The predicted molar refractivity (Wildman–Crippen MR) is 119 cm³/mol. The Morgan fingerprint density at radius 3 is 2.73 bits per heavy atom. The van der Waals surface area contributed by atoms with E-state index in [9.17, 15) is 0 Å². The molecule has 0 aromatic heterocycles. The van der Waals surface area contributed by atoms with Gasteiger partial charge in [0.2, 0.25) is 0 Å². The van der Waals surface area contributed by atoms with Crippen LogP contribution >= 0.6 is 24.0 Å². The summed E-state index contributed by atoms with van der Waals surface area (Å²) in [5.74, 6) is 0.943. The largest absolute Gasteiger partial charge is 0.352 e. The normalized spacial score (nSPS) is 23.7. The quantitative estimate of drug-likeness (QED) is 0.404. The van der Waals surface area contributed by atoms with E-state index >= 15 is 0 Å². The van der Waals surface area contributed by atoms with Gasteiger partial charge in [-0.1, -0.05) is 31.0 Å². The van der Waals surface area contributed by atoms with E-state index in [0.29, 0.717) is 6.04 Å². The molecule has 4 nitrogen and oxygen atoms in total. The summed E-state index contributed by atoms with van der Waals surface area (Å²) in [5, 5.41) is 7.15. The molecule has 1 aromatic rings. The number of likely N-dealkylation sites (tertiary alicyclic amines) is 1. The van der Waals surface area contributed by atoms with Crippen molar-refractivity contribution >= 4 is 29.9 Å². The van der Waals surface area contributed by atoms with Crippen LogP contribution in [0.15, 0.2) is 23.2 Å². The SMILES string of the molecule is CN=C(NCc1ccc2c(c1)CCC2)NC1CCN(C2CCCC2)C1.I. The van der Waals surface area contributed by atoms with E-state index in [0.717, 1.165) is 18.5 Å². The molecule has 4 rings (SSSR count). The van der Waals surface area contributed by atoms with Crippen LogP contribution in [0.5, 0.6) is 0 Å². The van der Waals surface area contributed by atoms with Crippen molar-refractivity contribution in [2.75, 3.05) is 20.1 Å². The summed E-state index contributed by atoms with van der Waals surface area (Å²) in [6.07, 6.45) is 10.7. The molecular weight excluding hydrogens is 435 g/mol. The number of halogens is 1. The number of fused-ring (bicyclic) bond motifs is 1. The lowest BCUT2D eigenvalue weighted by Gasteiger charge is -2.24. The standard InChI is InChI=1S/C21H32N4.HI/c1-22-21(23-14-16-9-10-17-5-4-6-18(17)13-16)24-19-11-12-25(15-19)20-7-2-3-8-20;/h9-10,13,19-20H,2-8,11-12,14-15H2,1H3,(H2,22,23,24);1H. The summed E-state index contributed by atoms with van der Waals surface area (Å²) >= 11 is 0. The van der Waals surface area contributed by atoms with E-state index in [1.807, 2.05) is 7.05 Å². The number of nitrogens with zero attached hydrogens (tertiary/aromatic N) is 2. The molecule has 2 fully saturated rings. The molecule has 3 aliphatic rings. The molecule has 5 heteroatoms. The number of benzene rings is 1. The van der Waals surface area contributed by atoms with Crippen LogP contribution in [0.1, 0.15) is 55.2 Å². The number of guanidine groups is 1. The molecule has 144 valence electrons. The van der Waals surface area contributed by atoms with E-state index in [-0.39, 0.29) is 24.0 Å². The molecule has 26 heavy (non-hydrogen) atoms. The maximum absolute atomic E-state index is 4.44. The van der Waals surface area contributed by atoms with E-state index in [1.165, 1.54) is 70.0 Å².